The van der Waals surface area contributed by atoms with Crippen LogP contribution in [0.1, 0.15) is 0 Å². The van der Waals surface area contributed by atoms with E-state index in [0.29, 0.717) is 0 Å². The van der Waals surface area contributed by atoms with E-state index >= 15 is 0 Å². The van der Waals surface area contributed by atoms with Crippen LogP contribution in [-0.4, -0.2) is 66.7 Å². The summed E-state index contributed by atoms with van der Waals surface area (Å²) in [5, 5.41) is 26.8. The maximum atomic E-state index is 11.0. The molecule has 0 radical (unpaired) electrons. The van der Waals surface area contributed by atoms with Crippen LogP contribution in [-0.2, 0) is 21.7 Å². The summed E-state index contributed by atoms with van der Waals surface area (Å²) < 4.78 is 18.0. The zero-order valence-electron chi connectivity index (χ0n) is 7.02. The molecule has 2 saturated heterocycles. The number of rotatable bonds is 0. The van der Waals surface area contributed by atoms with Gasteiger partial charge in [0.25, 0.3) is 0 Å². The first kappa shape index (κ1) is 11.1. The molecular weight excluding hydrogens is 322 g/mol. The number of hydrogen-bond donors (Lipinski definition) is 3. The number of hydrogen-bond acceptors (Lipinski definition) is 9. The molecule has 2 unspecified atom stereocenters. The van der Waals surface area contributed by atoms with Crippen LogP contribution in [0, 0.1) is 0 Å². The molecule has 0 aromatic carbocycles. The van der Waals surface area contributed by atoms with E-state index in [2.05, 4.69) is 12.1 Å². The van der Waals surface area contributed by atoms with Gasteiger partial charge in [-0.1, -0.05) is 0 Å². The van der Waals surface area contributed by atoms with Crippen LogP contribution in [0.4, 0.5) is 0 Å². The van der Waals surface area contributed by atoms with Gasteiger partial charge in [-0.25, -0.2) is 0 Å². The quantitative estimate of drug-likeness (QED) is 0.384. The van der Waals surface area contributed by atoms with Crippen molar-refractivity contribution in [3.05, 3.63) is 0 Å². The van der Waals surface area contributed by atoms with E-state index in [9.17, 15) is 9.59 Å². The second kappa shape index (κ2) is 3.57. The molecule has 1 spiro atoms. The zero-order chi connectivity index (χ0) is 11.2. The van der Waals surface area contributed by atoms with E-state index in [1.165, 1.54) is 0 Å². The van der Waals surface area contributed by atoms with Crippen LogP contribution < -0.4 is 0 Å². The Kier molecular flexibility index (Phi) is 2.64. The topological polar surface area (TPSA) is 132 Å². The number of aliphatic hydroxyl groups is 2. The van der Waals surface area contributed by atoms with E-state index in [0.717, 1.165) is 0 Å². The Balaban J connectivity index is 2.19. The van der Waals surface area contributed by atoms with Gasteiger partial charge < -0.3 is 0 Å². The summed E-state index contributed by atoms with van der Waals surface area (Å²) in [6, 6.07) is 0. The molecular formula is C4H5BO9Sn. The molecule has 3 N–H and O–H groups in total. The third-order valence-corrected chi connectivity index (χ3v) is 7.10. The number of carbonyl (C=O) groups excluding carboxylic acids is 2. The number of aliphatic hydroxyl groups excluding tert-OH is 2. The van der Waals surface area contributed by atoms with Gasteiger partial charge in [0.05, 0.1) is 0 Å². The first-order valence-electron chi connectivity index (χ1n) is 3.79. The van der Waals surface area contributed by atoms with Gasteiger partial charge >= 0.3 is 88.5 Å². The van der Waals surface area contributed by atoms with Crippen molar-refractivity contribution in [1.82, 2.24) is 0 Å². The van der Waals surface area contributed by atoms with Gasteiger partial charge in [-0.2, -0.15) is 0 Å². The van der Waals surface area contributed by atoms with Crippen LogP contribution in [0.15, 0.2) is 0 Å². The minimum atomic E-state index is -4.80. The van der Waals surface area contributed by atoms with Gasteiger partial charge in [-0.05, 0) is 0 Å². The van der Waals surface area contributed by atoms with E-state index in [4.69, 9.17) is 15.2 Å². The molecule has 2 atom stereocenters. The molecule has 2 fully saturated rings. The zero-order valence-corrected chi connectivity index (χ0v) is 9.88. The molecule has 0 saturated carbocycles. The van der Waals surface area contributed by atoms with Crippen molar-refractivity contribution in [2.45, 2.75) is 12.2 Å². The van der Waals surface area contributed by atoms with Gasteiger partial charge in [0.1, 0.15) is 0 Å². The van der Waals surface area contributed by atoms with Crippen LogP contribution in [0.25, 0.3) is 0 Å². The van der Waals surface area contributed by atoms with E-state index in [-0.39, 0.29) is 0 Å². The average molecular weight is 327 g/mol. The van der Waals surface area contributed by atoms with Crippen molar-refractivity contribution in [2.24, 2.45) is 0 Å². The molecule has 15 heavy (non-hydrogen) atoms. The van der Waals surface area contributed by atoms with Crippen molar-refractivity contribution >= 4 is 39.3 Å². The predicted octanol–water partition coefficient (Wildman–Crippen LogP) is -3.73. The standard InChI is InChI=1S/C4H6O6.BHO3.Sn/c5-1(3(7)8)2(6)4(9)10;2-1(3)4;/h1-2,5-6H,(H,7,8)(H,9,10);2H;/q;-2;+4/p-2. The Morgan fingerprint density at radius 1 is 1.07 bits per heavy atom. The van der Waals surface area contributed by atoms with Crippen LogP contribution in [0.3, 0.4) is 0 Å². The van der Waals surface area contributed by atoms with Gasteiger partial charge in [0.15, 0.2) is 0 Å². The molecule has 9 nitrogen and oxygen atoms in total. The number of carbonyl (C=O) groups is 2. The average Bonchev–Trinajstić information content (AvgIpc) is 2.18. The Morgan fingerprint density at radius 2 is 1.47 bits per heavy atom. The molecule has 0 aromatic heterocycles. The Hall–Kier alpha value is -0.396. The molecule has 0 bridgehead atoms. The first-order chi connectivity index (χ1) is 6.93. The second-order valence-electron chi connectivity index (χ2n) is 2.77. The fourth-order valence-corrected chi connectivity index (χ4v) is 5.22. The Bertz CT molecular complexity index is 289. The fraction of sp³-hybridized carbons (Fsp3) is 0.500. The molecule has 2 aliphatic heterocycles. The van der Waals surface area contributed by atoms with Gasteiger partial charge in [-0.15, -0.1) is 0 Å². The van der Waals surface area contributed by atoms with Gasteiger partial charge in [-0.3, -0.25) is 0 Å². The first-order valence-corrected chi connectivity index (χ1v) is 8.45. The summed E-state index contributed by atoms with van der Waals surface area (Å²) in [5.74, 6) is -2.56. The minimum absolute atomic E-state index is 1.28. The normalized spacial score (nSPS) is 34.2. The SMILES string of the molecule is O=C1[O][Sn]2([O]B(O)[O]2)[O]C(=O)C(O)C1O. The molecule has 2 aliphatic rings. The summed E-state index contributed by atoms with van der Waals surface area (Å²) >= 11 is -4.80. The molecule has 2 rings (SSSR count). The molecule has 0 amide bonds. The van der Waals surface area contributed by atoms with Gasteiger partial charge in [0.2, 0.25) is 0 Å². The van der Waals surface area contributed by atoms with Crippen LogP contribution >= 0.6 is 0 Å². The predicted molar refractivity (Wildman–Crippen MR) is 40.1 cm³/mol. The summed E-state index contributed by atoms with van der Waals surface area (Å²) in [4.78, 5) is 22.1. The third kappa shape index (κ3) is 1.83. The maximum absolute atomic E-state index is 11.0. The summed E-state index contributed by atoms with van der Waals surface area (Å²) in [6.07, 6.45) is -4.09. The van der Waals surface area contributed by atoms with E-state index < -0.39 is 51.5 Å². The summed E-state index contributed by atoms with van der Waals surface area (Å²) in [6.45, 7) is 0. The Labute approximate surface area is 88.7 Å². The van der Waals surface area contributed by atoms with Crippen molar-refractivity contribution in [1.29, 1.82) is 0 Å². The Morgan fingerprint density at radius 3 is 1.80 bits per heavy atom. The van der Waals surface area contributed by atoms with Crippen molar-refractivity contribution < 1.29 is 37.0 Å². The third-order valence-electron chi connectivity index (χ3n) is 1.72. The van der Waals surface area contributed by atoms with E-state index in [1.807, 2.05) is 0 Å². The molecule has 82 valence electrons. The van der Waals surface area contributed by atoms with Crippen molar-refractivity contribution in [2.75, 3.05) is 0 Å². The molecule has 0 aliphatic carbocycles. The van der Waals surface area contributed by atoms with Crippen molar-refractivity contribution in [3.8, 4) is 0 Å². The second-order valence-corrected chi connectivity index (χ2v) is 8.14. The van der Waals surface area contributed by atoms with E-state index in [1.54, 1.807) is 0 Å². The van der Waals surface area contributed by atoms with Crippen LogP contribution in [0.2, 0.25) is 0 Å². The summed E-state index contributed by atoms with van der Waals surface area (Å²) in [7, 11) is -1.62. The molecule has 0 aromatic rings. The van der Waals surface area contributed by atoms with Crippen LogP contribution in [0.5, 0.6) is 0 Å². The monoisotopic (exact) mass is 328 g/mol. The van der Waals surface area contributed by atoms with Crippen molar-refractivity contribution in [3.63, 3.8) is 0 Å². The molecule has 2 heterocycles. The van der Waals surface area contributed by atoms with Gasteiger partial charge in [0, 0.05) is 0 Å². The summed E-state index contributed by atoms with van der Waals surface area (Å²) in [5.41, 5.74) is 0. The molecule has 11 heteroatoms. The fourth-order valence-electron chi connectivity index (χ4n) is 0.998.